The van der Waals surface area contributed by atoms with Gasteiger partial charge in [0, 0.05) is 0 Å². The lowest BCUT2D eigenvalue weighted by Gasteiger charge is -2.17. The van der Waals surface area contributed by atoms with Gasteiger partial charge in [-0.1, -0.05) is 60.7 Å². The van der Waals surface area contributed by atoms with Crippen molar-refractivity contribution in [1.82, 2.24) is 5.32 Å². The fraction of sp³-hybridized carbons (Fsp3) is 0.174. The van der Waals surface area contributed by atoms with Gasteiger partial charge < -0.3 is 14.8 Å². The van der Waals surface area contributed by atoms with E-state index < -0.39 is 0 Å². The molecule has 3 rings (SSSR count). The molecule has 0 fully saturated rings. The Hall–Kier alpha value is -3.27. The normalized spacial score (nSPS) is 11.5. The van der Waals surface area contributed by atoms with Gasteiger partial charge in [-0.05, 0) is 35.7 Å². The fourth-order valence-corrected chi connectivity index (χ4v) is 3.02. The highest BCUT2D eigenvalue weighted by Gasteiger charge is 2.18. The van der Waals surface area contributed by atoms with Crippen LogP contribution in [-0.4, -0.2) is 20.1 Å². The van der Waals surface area contributed by atoms with Crippen molar-refractivity contribution in [1.29, 1.82) is 0 Å². The predicted octanol–water partition coefficient (Wildman–Crippen LogP) is 4.86. The van der Waals surface area contributed by atoms with Crippen LogP contribution in [0.4, 0.5) is 0 Å². The van der Waals surface area contributed by atoms with Crippen LogP contribution in [0.5, 0.6) is 11.5 Å². The zero-order valence-corrected chi connectivity index (χ0v) is 15.7. The quantitative estimate of drug-likeness (QED) is 0.682. The molecular formula is C23H23NO3. The monoisotopic (exact) mass is 361 g/mol. The Labute approximate surface area is 159 Å². The number of hydrogen-bond acceptors (Lipinski definition) is 3. The third-order valence-corrected chi connectivity index (χ3v) is 4.51. The van der Waals surface area contributed by atoms with E-state index in [4.69, 9.17) is 9.47 Å². The summed E-state index contributed by atoms with van der Waals surface area (Å²) in [5.41, 5.74) is 3.80. The molecule has 1 amide bonds. The van der Waals surface area contributed by atoms with Gasteiger partial charge in [0.25, 0.3) is 5.91 Å². The van der Waals surface area contributed by atoms with Crippen LogP contribution in [-0.2, 0) is 0 Å². The number of ether oxygens (including phenoxy) is 2. The SMILES string of the molecule is COc1cccc(C(=O)N[C@H](C)c2ccc(-c3ccccc3)cc2)c1OC. The molecule has 1 N–H and O–H groups in total. The Kier molecular flexibility index (Phi) is 5.77. The van der Waals surface area contributed by atoms with Gasteiger partial charge in [-0.3, -0.25) is 4.79 Å². The lowest BCUT2D eigenvalue weighted by Crippen LogP contribution is -2.27. The molecule has 1 atom stereocenters. The first-order valence-corrected chi connectivity index (χ1v) is 8.81. The van der Waals surface area contributed by atoms with Crippen molar-refractivity contribution in [3.05, 3.63) is 83.9 Å². The molecule has 4 heteroatoms. The molecule has 138 valence electrons. The molecule has 0 aliphatic carbocycles. The number of benzene rings is 3. The van der Waals surface area contributed by atoms with Gasteiger partial charge in [-0.25, -0.2) is 0 Å². The average Bonchev–Trinajstić information content (AvgIpc) is 2.73. The summed E-state index contributed by atoms with van der Waals surface area (Å²) in [6.07, 6.45) is 0. The maximum absolute atomic E-state index is 12.7. The van der Waals surface area contributed by atoms with E-state index in [1.54, 1.807) is 25.3 Å². The summed E-state index contributed by atoms with van der Waals surface area (Å²) >= 11 is 0. The summed E-state index contributed by atoms with van der Waals surface area (Å²) in [5, 5.41) is 3.02. The number of amides is 1. The topological polar surface area (TPSA) is 47.6 Å². The maximum Gasteiger partial charge on any atom is 0.255 e. The van der Waals surface area contributed by atoms with Crippen LogP contribution in [0.3, 0.4) is 0 Å². The number of methoxy groups -OCH3 is 2. The summed E-state index contributed by atoms with van der Waals surface area (Å²) < 4.78 is 10.6. The van der Waals surface area contributed by atoms with Gasteiger partial charge in [0.05, 0.1) is 25.8 Å². The van der Waals surface area contributed by atoms with Crippen molar-refractivity contribution in [2.75, 3.05) is 14.2 Å². The van der Waals surface area contributed by atoms with Gasteiger partial charge in [0.15, 0.2) is 11.5 Å². The van der Waals surface area contributed by atoms with Gasteiger partial charge >= 0.3 is 0 Å². The minimum atomic E-state index is -0.203. The van der Waals surface area contributed by atoms with Crippen LogP contribution in [0.15, 0.2) is 72.8 Å². The summed E-state index contributed by atoms with van der Waals surface area (Å²) in [4.78, 5) is 12.7. The fourth-order valence-electron chi connectivity index (χ4n) is 3.02. The molecule has 0 bridgehead atoms. The van der Waals surface area contributed by atoms with E-state index in [-0.39, 0.29) is 11.9 Å². The summed E-state index contributed by atoms with van der Waals surface area (Å²) in [7, 11) is 3.08. The summed E-state index contributed by atoms with van der Waals surface area (Å²) in [5.74, 6) is 0.763. The van der Waals surface area contributed by atoms with E-state index in [2.05, 4.69) is 29.6 Å². The molecule has 27 heavy (non-hydrogen) atoms. The first kappa shape index (κ1) is 18.5. The molecule has 0 aromatic heterocycles. The van der Waals surface area contributed by atoms with Crippen LogP contribution in [0.1, 0.15) is 28.9 Å². The second kappa shape index (κ2) is 8.41. The third kappa shape index (κ3) is 4.11. The smallest absolute Gasteiger partial charge is 0.255 e. The average molecular weight is 361 g/mol. The van der Waals surface area contributed by atoms with Crippen LogP contribution < -0.4 is 14.8 Å². The molecule has 0 unspecified atom stereocenters. The van der Waals surface area contributed by atoms with Gasteiger partial charge in [0.1, 0.15) is 0 Å². The zero-order chi connectivity index (χ0) is 19.2. The van der Waals surface area contributed by atoms with Crippen molar-refractivity contribution in [3.8, 4) is 22.6 Å². The Balaban J connectivity index is 1.76. The molecule has 0 aliphatic rings. The lowest BCUT2D eigenvalue weighted by atomic mass is 10.0. The van der Waals surface area contributed by atoms with Crippen LogP contribution in [0, 0.1) is 0 Å². The second-order valence-corrected chi connectivity index (χ2v) is 6.22. The van der Waals surface area contributed by atoms with Crippen LogP contribution >= 0.6 is 0 Å². The molecule has 3 aromatic carbocycles. The lowest BCUT2D eigenvalue weighted by molar-refractivity contribution is 0.0936. The zero-order valence-electron chi connectivity index (χ0n) is 15.7. The Morgan fingerprint density at radius 3 is 2.11 bits per heavy atom. The van der Waals surface area contributed by atoms with Crippen molar-refractivity contribution < 1.29 is 14.3 Å². The summed E-state index contributed by atoms with van der Waals surface area (Å²) in [6, 6.07) is 23.5. The molecule has 0 aliphatic heterocycles. The van der Waals surface area contributed by atoms with Gasteiger partial charge in [-0.15, -0.1) is 0 Å². The Bertz CT molecular complexity index is 905. The minimum absolute atomic E-state index is 0.141. The number of hydrogen-bond donors (Lipinski definition) is 1. The van der Waals surface area contributed by atoms with Crippen LogP contribution in [0.2, 0.25) is 0 Å². The number of para-hydroxylation sites is 1. The van der Waals surface area contributed by atoms with Crippen molar-refractivity contribution >= 4 is 5.91 Å². The molecule has 3 aromatic rings. The minimum Gasteiger partial charge on any atom is -0.493 e. The highest BCUT2D eigenvalue weighted by Crippen LogP contribution is 2.31. The molecule has 4 nitrogen and oxygen atoms in total. The standard InChI is InChI=1S/C23H23NO3/c1-16(17-12-14-19(15-13-17)18-8-5-4-6-9-18)24-23(25)20-10-7-11-21(26-2)22(20)27-3/h4-16H,1-3H3,(H,24,25)/t16-/m1/s1. The molecular weight excluding hydrogens is 338 g/mol. The summed E-state index contributed by atoms with van der Waals surface area (Å²) in [6.45, 7) is 1.96. The van der Waals surface area contributed by atoms with E-state index in [0.717, 1.165) is 11.1 Å². The Morgan fingerprint density at radius 1 is 0.815 bits per heavy atom. The van der Waals surface area contributed by atoms with E-state index in [9.17, 15) is 4.79 Å². The largest absolute Gasteiger partial charge is 0.493 e. The number of carbonyl (C=O) groups is 1. The third-order valence-electron chi connectivity index (χ3n) is 4.51. The number of nitrogens with one attached hydrogen (secondary N) is 1. The van der Waals surface area contributed by atoms with E-state index in [0.29, 0.717) is 17.1 Å². The van der Waals surface area contributed by atoms with Crippen molar-refractivity contribution in [2.45, 2.75) is 13.0 Å². The maximum atomic E-state index is 12.7. The van der Waals surface area contributed by atoms with E-state index >= 15 is 0 Å². The molecule has 0 radical (unpaired) electrons. The predicted molar refractivity (Wildman–Crippen MR) is 107 cm³/mol. The first-order chi connectivity index (χ1) is 13.1. The molecule has 0 saturated heterocycles. The second-order valence-electron chi connectivity index (χ2n) is 6.22. The number of rotatable bonds is 6. The van der Waals surface area contributed by atoms with E-state index in [1.807, 2.05) is 37.3 Å². The van der Waals surface area contributed by atoms with Crippen molar-refractivity contribution in [2.24, 2.45) is 0 Å². The first-order valence-electron chi connectivity index (χ1n) is 8.81. The molecule has 0 spiro atoms. The van der Waals surface area contributed by atoms with E-state index in [1.165, 1.54) is 12.7 Å². The van der Waals surface area contributed by atoms with Crippen LogP contribution in [0.25, 0.3) is 11.1 Å². The Morgan fingerprint density at radius 2 is 1.48 bits per heavy atom. The van der Waals surface area contributed by atoms with Crippen molar-refractivity contribution in [3.63, 3.8) is 0 Å². The number of carbonyl (C=O) groups excluding carboxylic acids is 1. The van der Waals surface area contributed by atoms with Gasteiger partial charge in [-0.2, -0.15) is 0 Å². The molecule has 0 heterocycles. The highest BCUT2D eigenvalue weighted by molar-refractivity contribution is 5.98. The highest BCUT2D eigenvalue weighted by atomic mass is 16.5. The van der Waals surface area contributed by atoms with Gasteiger partial charge in [0.2, 0.25) is 0 Å². The molecule has 0 saturated carbocycles.